The summed E-state index contributed by atoms with van der Waals surface area (Å²) in [4.78, 5) is 11.8. The van der Waals surface area contributed by atoms with E-state index in [0.29, 0.717) is 11.9 Å². The summed E-state index contributed by atoms with van der Waals surface area (Å²) in [5, 5.41) is 3.95. The van der Waals surface area contributed by atoms with Crippen molar-refractivity contribution in [3.8, 4) is 17.2 Å². The Balaban J connectivity index is 1.43. The third kappa shape index (κ3) is 5.42. The summed E-state index contributed by atoms with van der Waals surface area (Å²) >= 11 is 1.87. The first-order chi connectivity index (χ1) is 12.7. The molecule has 1 N–H and O–H groups in total. The van der Waals surface area contributed by atoms with Gasteiger partial charge in [-0.3, -0.25) is 4.79 Å². The van der Waals surface area contributed by atoms with Crippen molar-refractivity contribution in [3.63, 3.8) is 0 Å². The maximum absolute atomic E-state index is 11.8. The van der Waals surface area contributed by atoms with Crippen LogP contribution in [-0.4, -0.2) is 43.4 Å². The van der Waals surface area contributed by atoms with Crippen molar-refractivity contribution in [2.24, 2.45) is 5.10 Å². The molecular weight excluding hydrogens is 352 g/mol. The number of ether oxygens (including phenoxy) is 3. The number of nitrogens with zero attached hydrogens (tertiary/aromatic N) is 1. The number of hydrazone groups is 1. The molecule has 0 bridgehead atoms. The molecule has 1 fully saturated rings. The number of rotatable bonds is 8. The van der Waals surface area contributed by atoms with Gasteiger partial charge in [-0.05, 0) is 42.0 Å². The number of nitrogens with one attached hydrogen (secondary N) is 1. The van der Waals surface area contributed by atoms with Crippen LogP contribution in [0, 0.1) is 0 Å². The van der Waals surface area contributed by atoms with Crippen molar-refractivity contribution >= 4 is 23.9 Å². The minimum absolute atomic E-state index is 0.119. The summed E-state index contributed by atoms with van der Waals surface area (Å²) in [5.41, 5.74) is 3.30. The van der Waals surface area contributed by atoms with E-state index in [1.165, 1.54) is 0 Å². The van der Waals surface area contributed by atoms with Crippen LogP contribution in [0.5, 0.6) is 17.2 Å². The highest BCUT2D eigenvalue weighted by Gasteiger charge is 2.19. The topological polar surface area (TPSA) is 69.2 Å². The Labute approximate surface area is 156 Å². The standard InChI is InChI=1S/C19H20N2O4S/c1-23-15-5-7-16(8-6-15)24-11-19(22)21-20-10-14-3-2-4-17(9-14)25-18-12-26-13-18/h2-10,18H,11-13H2,1H3,(H,21,22)/b20-10-. The predicted octanol–water partition coefficient (Wildman–Crippen LogP) is 2.72. The number of carbonyl (C=O) groups is 1. The van der Waals surface area contributed by atoms with Crippen LogP contribution >= 0.6 is 11.8 Å². The fourth-order valence-corrected chi connectivity index (χ4v) is 2.74. The molecule has 0 unspecified atom stereocenters. The van der Waals surface area contributed by atoms with Crippen LogP contribution in [0.15, 0.2) is 53.6 Å². The minimum Gasteiger partial charge on any atom is -0.497 e. The van der Waals surface area contributed by atoms with Crippen molar-refractivity contribution in [3.05, 3.63) is 54.1 Å². The molecule has 0 spiro atoms. The zero-order valence-corrected chi connectivity index (χ0v) is 15.2. The van der Waals surface area contributed by atoms with E-state index >= 15 is 0 Å². The van der Waals surface area contributed by atoms with Crippen molar-refractivity contribution in [1.82, 2.24) is 5.43 Å². The van der Waals surface area contributed by atoms with Gasteiger partial charge in [-0.2, -0.15) is 16.9 Å². The van der Waals surface area contributed by atoms with Gasteiger partial charge in [0.05, 0.1) is 13.3 Å². The van der Waals surface area contributed by atoms with Crippen molar-refractivity contribution in [2.75, 3.05) is 25.2 Å². The molecule has 1 aliphatic rings. The molecule has 1 amide bonds. The van der Waals surface area contributed by atoms with Crippen LogP contribution in [0.3, 0.4) is 0 Å². The number of hydrogen-bond donors (Lipinski definition) is 1. The molecule has 1 aliphatic heterocycles. The Morgan fingerprint density at radius 2 is 1.96 bits per heavy atom. The van der Waals surface area contributed by atoms with Gasteiger partial charge in [-0.25, -0.2) is 5.43 Å². The van der Waals surface area contributed by atoms with E-state index < -0.39 is 0 Å². The third-order valence-corrected chi connectivity index (χ3v) is 4.82. The fraction of sp³-hybridized carbons (Fsp3) is 0.263. The second kappa shape index (κ2) is 9.15. The number of amides is 1. The monoisotopic (exact) mass is 372 g/mol. The molecule has 1 heterocycles. The summed E-state index contributed by atoms with van der Waals surface area (Å²) in [6.45, 7) is -0.119. The molecule has 1 saturated heterocycles. The molecule has 136 valence electrons. The van der Waals surface area contributed by atoms with Crippen LogP contribution in [0.25, 0.3) is 0 Å². The van der Waals surface area contributed by atoms with E-state index in [9.17, 15) is 4.79 Å². The number of benzene rings is 2. The Hall–Kier alpha value is -2.67. The van der Waals surface area contributed by atoms with Gasteiger partial charge in [0.15, 0.2) is 6.61 Å². The molecule has 26 heavy (non-hydrogen) atoms. The lowest BCUT2D eigenvalue weighted by atomic mass is 10.2. The largest absolute Gasteiger partial charge is 0.497 e. The first-order valence-electron chi connectivity index (χ1n) is 8.16. The normalized spacial score (nSPS) is 13.9. The van der Waals surface area contributed by atoms with Crippen molar-refractivity contribution < 1.29 is 19.0 Å². The lowest BCUT2D eigenvalue weighted by molar-refractivity contribution is -0.123. The van der Waals surface area contributed by atoms with Crippen LogP contribution in [0.2, 0.25) is 0 Å². The molecule has 2 aromatic carbocycles. The van der Waals surface area contributed by atoms with Gasteiger partial charge in [0.25, 0.3) is 5.91 Å². The molecule has 6 nitrogen and oxygen atoms in total. The zero-order valence-electron chi connectivity index (χ0n) is 14.4. The molecule has 7 heteroatoms. The molecule has 0 aliphatic carbocycles. The maximum Gasteiger partial charge on any atom is 0.277 e. The minimum atomic E-state index is -0.337. The van der Waals surface area contributed by atoms with Gasteiger partial charge in [0.2, 0.25) is 0 Å². The van der Waals surface area contributed by atoms with Gasteiger partial charge in [0.1, 0.15) is 23.4 Å². The average Bonchev–Trinajstić information content (AvgIpc) is 2.64. The zero-order chi connectivity index (χ0) is 18.2. The Kier molecular flexibility index (Phi) is 6.38. The summed E-state index contributed by atoms with van der Waals surface area (Å²) in [7, 11) is 1.59. The van der Waals surface area contributed by atoms with Gasteiger partial charge in [0, 0.05) is 11.5 Å². The Morgan fingerprint density at radius 3 is 2.65 bits per heavy atom. The molecular formula is C19H20N2O4S. The summed E-state index contributed by atoms with van der Waals surface area (Å²) < 4.78 is 16.3. The van der Waals surface area contributed by atoms with E-state index in [1.54, 1.807) is 37.6 Å². The quantitative estimate of drug-likeness (QED) is 0.570. The molecule has 3 rings (SSSR count). The summed E-state index contributed by atoms with van der Waals surface area (Å²) in [6.07, 6.45) is 1.87. The first kappa shape index (κ1) is 18.1. The highest BCUT2D eigenvalue weighted by molar-refractivity contribution is 8.00. The molecule has 0 atom stereocenters. The predicted molar refractivity (Wildman–Crippen MR) is 102 cm³/mol. The highest BCUT2D eigenvalue weighted by atomic mass is 32.2. The second-order valence-corrected chi connectivity index (χ2v) is 6.68. The molecule has 0 aromatic heterocycles. The van der Waals surface area contributed by atoms with E-state index in [2.05, 4.69) is 10.5 Å². The van der Waals surface area contributed by atoms with Crippen LogP contribution < -0.4 is 19.6 Å². The van der Waals surface area contributed by atoms with Crippen LogP contribution in [-0.2, 0) is 4.79 Å². The maximum atomic E-state index is 11.8. The number of hydrogen-bond acceptors (Lipinski definition) is 6. The molecule has 2 aromatic rings. The Morgan fingerprint density at radius 1 is 1.19 bits per heavy atom. The van der Waals surface area contributed by atoms with Gasteiger partial charge in [-0.15, -0.1) is 0 Å². The second-order valence-electron chi connectivity index (χ2n) is 5.61. The number of methoxy groups -OCH3 is 1. The van der Waals surface area contributed by atoms with Gasteiger partial charge >= 0.3 is 0 Å². The fourth-order valence-electron chi connectivity index (χ4n) is 2.17. The van der Waals surface area contributed by atoms with Gasteiger partial charge < -0.3 is 14.2 Å². The Bertz CT molecular complexity index is 760. The average molecular weight is 372 g/mol. The summed E-state index contributed by atoms with van der Waals surface area (Å²) in [6, 6.07) is 14.6. The smallest absolute Gasteiger partial charge is 0.277 e. The van der Waals surface area contributed by atoms with Crippen molar-refractivity contribution in [1.29, 1.82) is 0 Å². The number of thioether (sulfide) groups is 1. The SMILES string of the molecule is COc1ccc(OCC(=O)N/N=C\c2cccc(OC3CSC3)c2)cc1. The first-order valence-corrected chi connectivity index (χ1v) is 9.31. The molecule has 0 radical (unpaired) electrons. The lowest BCUT2D eigenvalue weighted by Crippen LogP contribution is -2.31. The summed E-state index contributed by atoms with van der Waals surface area (Å²) in [5.74, 6) is 3.85. The third-order valence-electron chi connectivity index (χ3n) is 3.60. The van der Waals surface area contributed by atoms with E-state index in [1.807, 2.05) is 36.0 Å². The van der Waals surface area contributed by atoms with Crippen LogP contribution in [0.4, 0.5) is 0 Å². The van der Waals surface area contributed by atoms with E-state index in [0.717, 1.165) is 28.6 Å². The van der Waals surface area contributed by atoms with Crippen molar-refractivity contribution in [2.45, 2.75) is 6.10 Å². The number of carbonyl (C=O) groups excluding carboxylic acids is 1. The lowest BCUT2D eigenvalue weighted by Gasteiger charge is -2.25. The van der Waals surface area contributed by atoms with Crippen LogP contribution in [0.1, 0.15) is 5.56 Å². The van der Waals surface area contributed by atoms with E-state index in [-0.39, 0.29) is 12.5 Å². The molecule has 0 saturated carbocycles. The van der Waals surface area contributed by atoms with Gasteiger partial charge in [-0.1, -0.05) is 12.1 Å². The highest BCUT2D eigenvalue weighted by Crippen LogP contribution is 2.24. The van der Waals surface area contributed by atoms with E-state index in [4.69, 9.17) is 14.2 Å².